The summed E-state index contributed by atoms with van der Waals surface area (Å²) in [5, 5.41) is 10.0. The maximum absolute atomic E-state index is 12.4. The largest absolute Gasteiger partial charge is 0.463 e. The molecular weight excluding hydrogens is 294 g/mol. The molecule has 0 aromatic carbocycles. The van der Waals surface area contributed by atoms with Crippen molar-refractivity contribution in [3.8, 4) is 11.5 Å². The van der Waals surface area contributed by atoms with Crippen LogP contribution in [0.25, 0.3) is 11.5 Å². The maximum atomic E-state index is 12.4. The van der Waals surface area contributed by atoms with E-state index in [0.717, 1.165) is 19.4 Å². The highest BCUT2D eigenvalue weighted by Gasteiger charge is 2.73. The number of nitrogens with zero attached hydrogens (tertiary/aromatic N) is 1. The fraction of sp³-hybridized carbons (Fsp3) is 0.529. The molecule has 3 aliphatic rings. The Bertz CT molecular complexity index is 747. The topological polar surface area (TPSA) is 80.1 Å². The lowest BCUT2D eigenvalue weighted by Crippen LogP contribution is -2.50. The third-order valence-electron chi connectivity index (χ3n) is 6.02. The molecule has 2 N–H and O–H groups in total. The molecule has 3 heterocycles. The second kappa shape index (κ2) is 4.47. The Hall–Kier alpha value is -2.08. The summed E-state index contributed by atoms with van der Waals surface area (Å²) in [4.78, 5) is 12.4. The number of aromatic amines is 1. The normalized spacial score (nSPS) is 30.0. The number of furan rings is 1. The molecule has 1 spiro atoms. The highest BCUT2D eigenvalue weighted by Crippen LogP contribution is 2.70. The van der Waals surface area contributed by atoms with Gasteiger partial charge in [-0.2, -0.15) is 5.10 Å². The molecule has 2 aromatic rings. The first kappa shape index (κ1) is 13.4. The summed E-state index contributed by atoms with van der Waals surface area (Å²) in [7, 11) is 0. The Morgan fingerprint density at radius 1 is 1.48 bits per heavy atom. The number of hydrogen-bond donors (Lipinski definition) is 2. The Kier molecular flexibility index (Phi) is 2.60. The van der Waals surface area contributed by atoms with E-state index in [2.05, 4.69) is 15.5 Å². The second-order valence-electron chi connectivity index (χ2n) is 7.04. The average Bonchev–Trinajstić information content (AvgIpc) is 3.02. The van der Waals surface area contributed by atoms with Gasteiger partial charge in [-0.1, -0.05) is 0 Å². The van der Waals surface area contributed by atoms with E-state index in [9.17, 15) is 4.79 Å². The van der Waals surface area contributed by atoms with Crippen LogP contribution in [-0.4, -0.2) is 34.9 Å². The predicted molar refractivity (Wildman–Crippen MR) is 81.7 cm³/mol. The zero-order valence-corrected chi connectivity index (χ0v) is 12.8. The van der Waals surface area contributed by atoms with Gasteiger partial charge in [-0.25, -0.2) is 0 Å². The molecule has 1 saturated heterocycles. The number of nitrogens with one attached hydrogen (secondary N) is 2. The van der Waals surface area contributed by atoms with Crippen molar-refractivity contribution in [3.05, 3.63) is 30.2 Å². The Balaban J connectivity index is 1.28. The molecule has 1 aliphatic heterocycles. The van der Waals surface area contributed by atoms with Crippen LogP contribution in [-0.2, 0) is 4.74 Å². The summed E-state index contributed by atoms with van der Waals surface area (Å²) < 4.78 is 11.4. The van der Waals surface area contributed by atoms with Crippen molar-refractivity contribution in [2.24, 2.45) is 11.3 Å². The molecule has 6 nitrogen and oxygen atoms in total. The lowest BCUT2D eigenvalue weighted by Gasteiger charge is -2.45. The van der Waals surface area contributed by atoms with Crippen molar-refractivity contribution >= 4 is 5.91 Å². The SMILES string of the molecule is O=C(NC[C@]12C[C@H]1COC21CCC1)c1cc(-c2ccco2)[nH]n1. The van der Waals surface area contributed by atoms with Gasteiger partial charge in [-0.3, -0.25) is 9.89 Å². The van der Waals surface area contributed by atoms with Crippen LogP contribution >= 0.6 is 0 Å². The number of H-pyrrole nitrogens is 1. The van der Waals surface area contributed by atoms with Gasteiger partial charge in [-0.15, -0.1) is 0 Å². The quantitative estimate of drug-likeness (QED) is 0.908. The van der Waals surface area contributed by atoms with E-state index in [4.69, 9.17) is 9.15 Å². The van der Waals surface area contributed by atoms with Crippen LogP contribution in [0.2, 0.25) is 0 Å². The first-order valence-electron chi connectivity index (χ1n) is 8.24. The van der Waals surface area contributed by atoms with Crippen molar-refractivity contribution in [3.63, 3.8) is 0 Å². The summed E-state index contributed by atoms with van der Waals surface area (Å²) in [6.45, 7) is 1.56. The fourth-order valence-electron chi connectivity index (χ4n) is 4.40. The number of rotatable bonds is 4. The number of hydrogen-bond acceptors (Lipinski definition) is 4. The molecule has 2 atom stereocenters. The summed E-state index contributed by atoms with van der Waals surface area (Å²) in [5.74, 6) is 1.16. The first-order valence-corrected chi connectivity index (χ1v) is 8.24. The Morgan fingerprint density at radius 3 is 3.09 bits per heavy atom. The third kappa shape index (κ3) is 1.78. The summed E-state index contributed by atoms with van der Waals surface area (Å²) in [6, 6.07) is 5.36. The number of fused-ring (bicyclic) bond motifs is 2. The Morgan fingerprint density at radius 2 is 2.39 bits per heavy atom. The molecule has 0 bridgehead atoms. The first-order chi connectivity index (χ1) is 11.2. The third-order valence-corrected chi connectivity index (χ3v) is 6.02. The van der Waals surface area contributed by atoms with E-state index < -0.39 is 0 Å². The highest BCUT2D eigenvalue weighted by atomic mass is 16.5. The number of aromatic nitrogens is 2. The summed E-state index contributed by atoms with van der Waals surface area (Å²) >= 11 is 0. The minimum atomic E-state index is -0.138. The van der Waals surface area contributed by atoms with E-state index in [1.165, 1.54) is 12.8 Å². The molecule has 2 aromatic heterocycles. The minimum absolute atomic E-state index is 0.0514. The molecule has 1 amide bonds. The number of carbonyl (C=O) groups excluding carboxylic acids is 1. The average molecular weight is 313 g/mol. The lowest BCUT2D eigenvalue weighted by molar-refractivity contribution is -0.109. The van der Waals surface area contributed by atoms with E-state index >= 15 is 0 Å². The van der Waals surface area contributed by atoms with Crippen LogP contribution in [0.5, 0.6) is 0 Å². The van der Waals surface area contributed by atoms with Gasteiger partial charge >= 0.3 is 0 Å². The van der Waals surface area contributed by atoms with Gasteiger partial charge < -0.3 is 14.5 Å². The standard InChI is InChI=1S/C17H19N3O3/c21-15(13-7-12(19-20-13)14-3-1-6-22-14)18-10-16-8-11(16)9-23-17(16)4-2-5-17/h1,3,6-7,11H,2,4-5,8-10H2,(H,18,21)(H,19,20)/t11-,16+/m0/s1. The molecule has 120 valence electrons. The molecule has 6 heteroatoms. The van der Waals surface area contributed by atoms with Crippen LogP contribution in [0.3, 0.4) is 0 Å². The fourth-order valence-corrected chi connectivity index (χ4v) is 4.40. The van der Waals surface area contributed by atoms with E-state index in [-0.39, 0.29) is 16.9 Å². The van der Waals surface area contributed by atoms with Gasteiger partial charge in [0.15, 0.2) is 11.5 Å². The zero-order valence-electron chi connectivity index (χ0n) is 12.8. The van der Waals surface area contributed by atoms with Crippen LogP contribution in [0, 0.1) is 11.3 Å². The molecule has 0 unspecified atom stereocenters. The summed E-state index contributed by atoms with van der Waals surface area (Å²) in [6.07, 6.45) is 6.31. The van der Waals surface area contributed by atoms with Gasteiger partial charge in [0.2, 0.25) is 0 Å². The van der Waals surface area contributed by atoms with Gasteiger partial charge in [0.05, 0.1) is 18.5 Å². The van der Waals surface area contributed by atoms with Crippen LogP contribution in [0.4, 0.5) is 0 Å². The van der Waals surface area contributed by atoms with Gasteiger partial charge in [0, 0.05) is 18.0 Å². The molecular formula is C17H19N3O3. The van der Waals surface area contributed by atoms with E-state index in [1.807, 2.05) is 6.07 Å². The molecule has 23 heavy (non-hydrogen) atoms. The van der Waals surface area contributed by atoms with Crippen LogP contribution in [0.15, 0.2) is 28.9 Å². The van der Waals surface area contributed by atoms with Crippen molar-refractivity contribution in [2.45, 2.75) is 31.3 Å². The Labute approximate surface area is 133 Å². The maximum Gasteiger partial charge on any atom is 0.271 e. The molecule has 2 saturated carbocycles. The summed E-state index contributed by atoms with van der Waals surface area (Å²) in [5.41, 5.74) is 1.34. The number of carbonyl (C=O) groups is 1. The van der Waals surface area contributed by atoms with Crippen molar-refractivity contribution in [1.29, 1.82) is 0 Å². The van der Waals surface area contributed by atoms with Gasteiger partial charge in [0.25, 0.3) is 5.91 Å². The van der Waals surface area contributed by atoms with Crippen molar-refractivity contribution < 1.29 is 13.9 Å². The van der Waals surface area contributed by atoms with Crippen LogP contribution in [0.1, 0.15) is 36.2 Å². The smallest absolute Gasteiger partial charge is 0.271 e. The lowest BCUT2D eigenvalue weighted by atomic mass is 9.68. The van der Waals surface area contributed by atoms with Crippen molar-refractivity contribution in [1.82, 2.24) is 15.5 Å². The monoisotopic (exact) mass is 313 g/mol. The van der Waals surface area contributed by atoms with Gasteiger partial charge in [0.1, 0.15) is 5.69 Å². The minimum Gasteiger partial charge on any atom is -0.463 e. The molecule has 2 aliphatic carbocycles. The van der Waals surface area contributed by atoms with E-state index in [0.29, 0.717) is 29.6 Å². The molecule has 3 fully saturated rings. The second-order valence-corrected chi connectivity index (χ2v) is 7.04. The van der Waals surface area contributed by atoms with Gasteiger partial charge in [-0.05, 0) is 43.7 Å². The molecule has 0 radical (unpaired) electrons. The predicted octanol–water partition coefficient (Wildman–Crippen LogP) is 2.36. The van der Waals surface area contributed by atoms with Crippen LogP contribution < -0.4 is 5.32 Å². The zero-order chi connectivity index (χ0) is 15.5. The van der Waals surface area contributed by atoms with E-state index in [1.54, 1.807) is 18.4 Å². The molecule has 5 rings (SSSR count). The van der Waals surface area contributed by atoms with Crippen molar-refractivity contribution in [2.75, 3.05) is 13.2 Å². The number of ether oxygens (including phenoxy) is 1. The highest BCUT2D eigenvalue weighted by molar-refractivity contribution is 5.93. The number of amides is 1.